The van der Waals surface area contributed by atoms with Gasteiger partial charge in [0.2, 0.25) is 5.91 Å². The number of aliphatic imine (C=N–C) groups is 1. The van der Waals surface area contributed by atoms with Crippen LogP contribution in [-0.2, 0) is 9.59 Å². The quantitative estimate of drug-likeness (QED) is 0.842. The number of hydrogen-bond donors (Lipinski definition) is 2. The van der Waals surface area contributed by atoms with Crippen LogP contribution in [0.1, 0.15) is 18.1 Å². The van der Waals surface area contributed by atoms with Gasteiger partial charge < -0.3 is 10.6 Å². The van der Waals surface area contributed by atoms with Gasteiger partial charge in [-0.05, 0) is 48.9 Å². The number of amides is 2. The highest BCUT2D eigenvalue weighted by Crippen LogP contribution is 2.31. The van der Waals surface area contributed by atoms with Gasteiger partial charge in [0, 0.05) is 22.6 Å². The number of hydrogen-bond acceptors (Lipinski definition) is 3. The van der Waals surface area contributed by atoms with Crippen LogP contribution in [0.2, 0.25) is 0 Å². The number of anilines is 2. The highest BCUT2D eigenvalue weighted by Gasteiger charge is 2.26. The fourth-order valence-corrected chi connectivity index (χ4v) is 2.69. The van der Waals surface area contributed by atoms with Crippen molar-refractivity contribution in [2.45, 2.75) is 13.8 Å². The maximum atomic E-state index is 12.2. The molecule has 0 spiro atoms. The van der Waals surface area contributed by atoms with Crippen molar-refractivity contribution in [1.82, 2.24) is 0 Å². The van der Waals surface area contributed by atoms with E-state index in [1.165, 1.54) is 6.92 Å². The van der Waals surface area contributed by atoms with E-state index in [0.29, 0.717) is 17.1 Å². The summed E-state index contributed by atoms with van der Waals surface area (Å²) in [5, 5.41) is 5.51. The van der Waals surface area contributed by atoms with E-state index in [-0.39, 0.29) is 11.8 Å². The second-order valence-electron chi connectivity index (χ2n) is 5.29. The van der Waals surface area contributed by atoms with Gasteiger partial charge in [-0.1, -0.05) is 15.9 Å². The third-order valence-corrected chi connectivity index (χ3v) is 4.30. The van der Waals surface area contributed by atoms with E-state index in [1.54, 1.807) is 24.3 Å². The molecule has 0 saturated heterocycles. The largest absolute Gasteiger partial charge is 0.326 e. The second-order valence-corrected chi connectivity index (χ2v) is 6.14. The lowest BCUT2D eigenvalue weighted by atomic mass is 10.1. The maximum Gasteiger partial charge on any atom is 0.275 e. The molecule has 6 heteroatoms. The molecule has 1 heterocycles. The van der Waals surface area contributed by atoms with Gasteiger partial charge in [-0.15, -0.1) is 0 Å². The van der Waals surface area contributed by atoms with Crippen LogP contribution in [0, 0.1) is 6.92 Å². The van der Waals surface area contributed by atoms with E-state index < -0.39 is 0 Å². The monoisotopic (exact) mass is 371 g/mol. The Morgan fingerprint density at radius 2 is 1.91 bits per heavy atom. The molecule has 2 amide bonds. The summed E-state index contributed by atoms with van der Waals surface area (Å²) >= 11 is 3.46. The maximum absolute atomic E-state index is 12.2. The molecule has 3 rings (SSSR count). The van der Waals surface area contributed by atoms with Gasteiger partial charge in [0.15, 0.2) is 0 Å². The number of aryl methyl sites for hydroxylation is 1. The van der Waals surface area contributed by atoms with Crippen molar-refractivity contribution in [2.75, 3.05) is 10.6 Å². The van der Waals surface area contributed by atoms with Crippen molar-refractivity contribution in [1.29, 1.82) is 0 Å². The van der Waals surface area contributed by atoms with E-state index in [4.69, 9.17) is 0 Å². The highest BCUT2D eigenvalue weighted by molar-refractivity contribution is 9.10. The van der Waals surface area contributed by atoms with Gasteiger partial charge in [0.1, 0.15) is 5.71 Å². The van der Waals surface area contributed by atoms with Crippen molar-refractivity contribution in [3.63, 3.8) is 0 Å². The Bertz CT molecular complexity index is 842. The van der Waals surface area contributed by atoms with Gasteiger partial charge in [0.05, 0.1) is 11.4 Å². The first-order chi connectivity index (χ1) is 10.9. The molecule has 0 unspecified atom stereocenters. The highest BCUT2D eigenvalue weighted by atomic mass is 79.9. The summed E-state index contributed by atoms with van der Waals surface area (Å²) in [6.07, 6.45) is 0. The van der Waals surface area contributed by atoms with Crippen LogP contribution in [0.15, 0.2) is 45.9 Å². The molecular weight excluding hydrogens is 358 g/mol. The van der Waals surface area contributed by atoms with Crippen LogP contribution >= 0.6 is 15.9 Å². The molecule has 0 radical (unpaired) electrons. The minimum atomic E-state index is -0.219. The third-order valence-electron chi connectivity index (χ3n) is 3.45. The van der Waals surface area contributed by atoms with Crippen molar-refractivity contribution in [2.24, 2.45) is 4.99 Å². The normalized spacial score (nSPS) is 14.6. The number of rotatable bonds is 2. The molecule has 0 aliphatic carbocycles. The molecule has 2 aromatic rings. The molecule has 2 aromatic carbocycles. The minimum absolute atomic E-state index is 0.130. The Labute approximate surface area is 141 Å². The number of nitrogens with zero attached hydrogens (tertiary/aromatic N) is 1. The number of carbonyl (C=O) groups is 2. The van der Waals surface area contributed by atoms with Crippen LogP contribution in [0.4, 0.5) is 17.1 Å². The molecule has 2 N–H and O–H groups in total. The summed E-state index contributed by atoms with van der Waals surface area (Å²) in [5.74, 6) is -0.349. The summed E-state index contributed by atoms with van der Waals surface area (Å²) in [4.78, 5) is 27.6. The summed E-state index contributed by atoms with van der Waals surface area (Å²) < 4.78 is 0.942. The fourth-order valence-electron chi connectivity index (χ4n) is 2.35. The molecule has 0 atom stereocenters. The van der Waals surface area contributed by atoms with Crippen molar-refractivity contribution in [3.8, 4) is 0 Å². The molecular formula is C17H14BrN3O2. The zero-order chi connectivity index (χ0) is 16.6. The van der Waals surface area contributed by atoms with Crippen LogP contribution in [0.25, 0.3) is 0 Å². The second kappa shape index (κ2) is 5.96. The van der Waals surface area contributed by atoms with E-state index in [1.807, 2.05) is 19.1 Å². The van der Waals surface area contributed by atoms with Gasteiger partial charge in [0.25, 0.3) is 5.91 Å². The Morgan fingerprint density at radius 3 is 2.57 bits per heavy atom. The number of carbonyl (C=O) groups excluding carboxylic acids is 2. The standard InChI is InChI=1S/C17H14BrN3O2/c1-9-7-13-15(8-14(9)18)21-17(23)16(13)20-12-5-3-11(4-6-12)19-10(2)22/h3-8H,1-2H3,(H,19,22)(H,20,21,23). The number of nitrogens with one attached hydrogen (secondary N) is 2. The molecule has 0 bridgehead atoms. The van der Waals surface area contributed by atoms with E-state index >= 15 is 0 Å². The van der Waals surface area contributed by atoms with E-state index in [0.717, 1.165) is 21.3 Å². The zero-order valence-electron chi connectivity index (χ0n) is 12.6. The molecule has 0 saturated carbocycles. The van der Waals surface area contributed by atoms with Crippen LogP contribution in [-0.4, -0.2) is 17.5 Å². The third kappa shape index (κ3) is 3.17. The summed E-state index contributed by atoms with van der Waals surface area (Å²) in [6.45, 7) is 3.42. The van der Waals surface area contributed by atoms with Crippen molar-refractivity contribution >= 4 is 50.5 Å². The molecule has 1 aliphatic heterocycles. The Kier molecular flexibility index (Phi) is 4.00. The van der Waals surface area contributed by atoms with Crippen LogP contribution in [0.3, 0.4) is 0 Å². The lowest BCUT2D eigenvalue weighted by molar-refractivity contribution is -0.114. The van der Waals surface area contributed by atoms with Gasteiger partial charge in [-0.3, -0.25) is 9.59 Å². The fraction of sp³-hybridized carbons (Fsp3) is 0.118. The van der Waals surface area contributed by atoms with E-state index in [2.05, 4.69) is 31.6 Å². The Morgan fingerprint density at radius 1 is 1.22 bits per heavy atom. The molecule has 0 aromatic heterocycles. The number of benzene rings is 2. The number of halogens is 1. The predicted molar refractivity (Wildman–Crippen MR) is 94.5 cm³/mol. The smallest absolute Gasteiger partial charge is 0.275 e. The SMILES string of the molecule is CC(=O)Nc1ccc(N=C2C(=O)Nc3cc(Br)c(C)cc32)cc1. The van der Waals surface area contributed by atoms with Crippen molar-refractivity contribution < 1.29 is 9.59 Å². The van der Waals surface area contributed by atoms with E-state index in [9.17, 15) is 9.59 Å². The summed E-state index contributed by atoms with van der Waals surface area (Å²) in [6, 6.07) is 10.8. The van der Waals surface area contributed by atoms with Gasteiger partial charge >= 0.3 is 0 Å². The Hall–Kier alpha value is -2.47. The average Bonchev–Trinajstić information content (AvgIpc) is 2.77. The molecule has 1 aliphatic rings. The molecule has 5 nitrogen and oxygen atoms in total. The minimum Gasteiger partial charge on any atom is -0.326 e. The van der Waals surface area contributed by atoms with Crippen LogP contribution in [0.5, 0.6) is 0 Å². The van der Waals surface area contributed by atoms with Crippen LogP contribution < -0.4 is 10.6 Å². The van der Waals surface area contributed by atoms with Gasteiger partial charge in [-0.2, -0.15) is 0 Å². The lowest BCUT2D eigenvalue weighted by Crippen LogP contribution is -2.13. The Balaban J connectivity index is 1.96. The molecule has 23 heavy (non-hydrogen) atoms. The predicted octanol–water partition coefficient (Wildman–Crippen LogP) is 3.79. The average molecular weight is 372 g/mol. The first kappa shape index (κ1) is 15.4. The zero-order valence-corrected chi connectivity index (χ0v) is 14.2. The lowest BCUT2D eigenvalue weighted by Gasteiger charge is -2.04. The molecule has 0 fully saturated rings. The summed E-state index contributed by atoms with van der Waals surface area (Å²) in [7, 11) is 0. The van der Waals surface area contributed by atoms with Gasteiger partial charge in [-0.25, -0.2) is 4.99 Å². The first-order valence-electron chi connectivity index (χ1n) is 7.02. The summed E-state index contributed by atoms with van der Waals surface area (Å²) in [5.41, 5.74) is 4.31. The number of fused-ring (bicyclic) bond motifs is 1. The molecule has 116 valence electrons. The first-order valence-corrected chi connectivity index (χ1v) is 7.81. The topological polar surface area (TPSA) is 70.6 Å². The van der Waals surface area contributed by atoms with Crippen molar-refractivity contribution in [3.05, 3.63) is 52.0 Å².